The van der Waals surface area contributed by atoms with Gasteiger partial charge in [-0.2, -0.15) is 5.10 Å². The van der Waals surface area contributed by atoms with E-state index in [1.54, 1.807) is 0 Å². The van der Waals surface area contributed by atoms with E-state index >= 15 is 0 Å². The predicted octanol–water partition coefficient (Wildman–Crippen LogP) is 3.33. The molecule has 0 spiro atoms. The van der Waals surface area contributed by atoms with Crippen molar-refractivity contribution in [1.29, 1.82) is 0 Å². The maximum atomic E-state index is 5.48. The van der Waals surface area contributed by atoms with Gasteiger partial charge >= 0.3 is 0 Å². The van der Waals surface area contributed by atoms with Crippen LogP contribution in [0.5, 0.6) is 5.75 Å². The second kappa shape index (κ2) is 7.84. The summed E-state index contributed by atoms with van der Waals surface area (Å²) in [5.41, 5.74) is 3.62. The average Bonchev–Trinajstić information content (AvgIpc) is 2.91. The molecule has 0 atom stereocenters. The molecule has 1 aromatic carbocycles. The van der Waals surface area contributed by atoms with Gasteiger partial charge in [0.15, 0.2) is 0 Å². The third kappa shape index (κ3) is 3.85. The van der Waals surface area contributed by atoms with Gasteiger partial charge in [-0.1, -0.05) is 13.8 Å². The summed E-state index contributed by atoms with van der Waals surface area (Å²) < 4.78 is 7.51. The first-order valence-electron chi connectivity index (χ1n) is 7.79. The SMILES string of the molecule is CCCNCc1cnn(-c2ccc(OCC)cc2)c1CC. The maximum absolute atomic E-state index is 5.48. The number of nitrogens with one attached hydrogen (secondary N) is 1. The lowest BCUT2D eigenvalue weighted by atomic mass is 10.2. The van der Waals surface area contributed by atoms with E-state index in [0.717, 1.165) is 37.4 Å². The topological polar surface area (TPSA) is 39.1 Å². The van der Waals surface area contributed by atoms with E-state index in [2.05, 4.69) is 36.4 Å². The first-order chi connectivity index (χ1) is 10.3. The number of aromatic nitrogens is 2. The van der Waals surface area contributed by atoms with Crippen molar-refractivity contribution in [2.45, 2.75) is 40.2 Å². The quantitative estimate of drug-likeness (QED) is 0.757. The molecule has 0 saturated carbocycles. The van der Waals surface area contributed by atoms with Crippen LogP contribution in [-0.4, -0.2) is 22.9 Å². The molecule has 0 bridgehead atoms. The molecule has 2 rings (SSSR count). The smallest absolute Gasteiger partial charge is 0.119 e. The monoisotopic (exact) mass is 287 g/mol. The molecule has 4 heteroatoms. The first-order valence-corrected chi connectivity index (χ1v) is 7.79. The van der Waals surface area contributed by atoms with Crippen LogP contribution in [0.25, 0.3) is 5.69 Å². The van der Waals surface area contributed by atoms with Gasteiger partial charge in [-0.3, -0.25) is 0 Å². The van der Waals surface area contributed by atoms with Crippen LogP contribution < -0.4 is 10.1 Å². The Morgan fingerprint density at radius 3 is 2.52 bits per heavy atom. The minimum atomic E-state index is 0.689. The van der Waals surface area contributed by atoms with E-state index in [-0.39, 0.29) is 0 Å². The molecular weight excluding hydrogens is 262 g/mol. The van der Waals surface area contributed by atoms with Crippen molar-refractivity contribution < 1.29 is 4.74 Å². The lowest BCUT2D eigenvalue weighted by molar-refractivity contribution is 0.340. The third-order valence-corrected chi connectivity index (χ3v) is 3.42. The van der Waals surface area contributed by atoms with Crippen LogP contribution >= 0.6 is 0 Å². The number of hydrogen-bond donors (Lipinski definition) is 1. The van der Waals surface area contributed by atoms with E-state index in [0.29, 0.717) is 6.61 Å². The van der Waals surface area contributed by atoms with Crippen molar-refractivity contribution >= 4 is 0 Å². The first kappa shape index (κ1) is 15.6. The van der Waals surface area contributed by atoms with Crippen LogP contribution in [0.4, 0.5) is 0 Å². The maximum Gasteiger partial charge on any atom is 0.119 e. The minimum Gasteiger partial charge on any atom is -0.494 e. The Hall–Kier alpha value is -1.81. The van der Waals surface area contributed by atoms with E-state index in [4.69, 9.17) is 4.74 Å². The zero-order valence-corrected chi connectivity index (χ0v) is 13.2. The molecule has 1 aromatic heterocycles. The number of nitrogens with zero attached hydrogens (tertiary/aromatic N) is 2. The molecule has 4 nitrogen and oxygen atoms in total. The van der Waals surface area contributed by atoms with E-state index in [1.165, 1.54) is 11.3 Å². The third-order valence-electron chi connectivity index (χ3n) is 3.42. The Morgan fingerprint density at radius 1 is 1.14 bits per heavy atom. The summed E-state index contributed by atoms with van der Waals surface area (Å²) in [6.45, 7) is 8.95. The Balaban J connectivity index is 2.18. The molecule has 0 aliphatic heterocycles. The fraction of sp³-hybridized carbons (Fsp3) is 0.471. The summed E-state index contributed by atoms with van der Waals surface area (Å²) in [4.78, 5) is 0. The molecule has 0 aliphatic rings. The Kier molecular flexibility index (Phi) is 5.81. The van der Waals surface area contributed by atoms with E-state index in [9.17, 15) is 0 Å². The summed E-state index contributed by atoms with van der Waals surface area (Å²) in [6.07, 6.45) is 4.09. The summed E-state index contributed by atoms with van der Waals surface area (Å²) in [7, 11) is 0. The van der Waals surface area contributed by atoms with E-state index < -0.39 is 0 Å². The molecule has 0 radical (unpaired) electrons. The molecule has 0 unspecified atom stereocenters. The number of benzene rings is 1. The van der Waals surface area contributed by atoms with Crippen LogP contribution in [0.1, 0.15) is 38.4 Å². The van der Waals surface area contributed by atoms with Crippen LogP contribution in [0.15, 0.2) is 30.5 Å². The fourth-order valence-corrected chi connectivity index (χ4v) is 2.40. The molecule has 0 fully saturated rings. The lowest BCUT2D eigenvalue weighted by Gasteiger charge is -2.09. The van der Waals surface area contributed by atoms with Gasteiger partial charge < -0.3 is 10.1 Å². The Morgan fingerprint density at radius 2 is 1.90 bits per heavy atom. The summed E-state index contributed by atoms with van der Waals surface area (Å²) >= 11 is 0. The van der Waals surface area contributed by atoms with Gasteiger partial charge in [0.05, 0.1) is 18.5 Å². The van der Waals surface area contributed by atoms with Crippen molar-refractivity contribution in [3.63, 3.8) is 0 Å². The molecule has 0 amide bonds. The predicted molar refractivity (Wildman–Crippen MR) is 86.1 cm³/mol. The van der Waals surface area contributed by atoms with Crippen LogP contribution in [0.2, 0.25) is 0 Å². The highest BCUT2D eigenvalue weighted by Crippen LogP contribution is 2.19. The van der Waals surface area contributed by atoms with Gasteiger partial charge in [0.25, 0.3) is 0 Å². The minimum absolute atomic E-state index is 0.689. The highest BCUT2D eigenvalue weighted by molar-refractivity contribution is 5.39. The van der Waals surface area contributed by atoms with Crippen molar-refractivity contribution in [3.8, 4) is 11.4 Å². The van der Waals surface area contributed by atoms with Crippen molar-refractivity contribution in [3.05, 3.63) is 41.7 Å². The van der Waals surface area contributed by atoms with Crippen molar-refractivity contribution in [1.82, 2.24) is 15.1 Å². The number of rotatable bonds is 8. The second-order valence-corrected chi connectivity index (χ2v) is 4.99. The van der Waals surface area contributed by atoms with Gasteiger partial charge in [-0.05, 0) is 50.6 Å². The molecule has 0 aliphatic carbocycles. The summed E-state index contributed by atoms with van der Waals surface area (Å²) in [5, 5.41) is 7.99. The van der Waals surface area contributed by atoms with Gasteiger partial charge in [0, 0.05) is 17.8 Å². The molecule has 2 aromatic rings. The van der Waals surface area contributed by atoms with Crippen molar-refractivity contribution in [2.24, 2.45) is 0 Å². The number of hydrogen-bond acceptors (Lipinski definition) is 3. The van der Waals surface area contributed by atoms with Gasteiger partial charge in [0.2, 0.25) is 0 Å². The van der Waals surface area contributed by atoms with Gasteiger partial charge in [-0.25, -0.2) is 4.68 Å². The second-order valence-electron chi connectivity index (χ2n) is 4.99. The zero-order chi connectivity index (χ0) is 15.1. The average molecular weight is 287 g/mol. The Labute approximate surface area is 127 Å². The largest absolute Gasteiger partial charge is 0.494 e. The molecule has 1 heterocycles. The molecule has 0 saturated heterocycles. The molecule has 1 N–H and O–H groups in total. The highest BCUT2D eigenvalue weighted by atomic mass is 16.5. The zero-order valence-electron chi connectivity index (χ0n) is 13.2. The van der Waals surface area contributed by atoms with Gasteiger partial charge in [0.1, 0.15) is 5.75 Å². The van der Waals surface area contributed by atoms with E-state index in [1.807, 2.05) is 29.9 Å². The number of ether oxygens (including phenoxy) is 1. The lowest BCUT2D eigenvalue weighted by Crippen LogP contribution is -2.15. The summed E-state index contributed by atoms with van der Waals surface area (Å²) in [5.74, 6) is 0.899. The standard InChI is InChI=1S/C17H25N3O/c1-4-11-18-12-14-13-19-20(17(14)5-2)15-7-9-16(10-8-15)21-6-3/h7-10,13,18H,4-6,11-12H2,1-3H3. The van der Waals surface area contributed by atoms with Crippen molar-refractivity contribution in [2.75, 3.05) is 13.2 Å². The molecular formula is C17H25N3O. The van der Waals surface area contributed by atoms with Crippen LogP contribution in [-0.2, 0) is 13.0 Å². The normalized spacial score (nSPS) is 10.8. The Bertz CT molecular complexity index is 546. The van der Waals surface area contributed by atoms with Crippen LogP contribution in [0.3, 0.4) is 0 Å². The highest BCUT2D eigenvalue weighted by Gasteiger charge is 2.10. The van der Waals surface area contributed by atoms with Crippen LogP contribution in [0, 0.1) is 0 Å². The summed E-state index contributed by atoms with van der Waals surface area (Å²) in [6, 6.07) is 8.10. The van der Waals surface area contributed by atoms with Gasteiger partial charge in [-0.15, -0.1) is 0 Å². The fourth-order valence-electron chi connectivity index (χ4n) is 2.40. The molecule has 21 heavy (non-hydrogen) atoms. The molecule has 114 valence electrons.